The van der Waals surface area contributed by atoms with Crippen LogP contribution in [0.15, 0.2) is 66.7 Å². The first kappa shape index (κ1) is 21.8. The molecule has 6 heteroatoms. The molecule has 0 bridgehead atoms. The zero-order valence-electron chi connectivity index (χ0n) is 16.9. The molecule has 0 spiro atoms. The highest BCUT2D eigenvalue weighted by atomic mass is 35.5. The van der Waals surface area contributed by atoms with Crippen LogP contribution in [0.25, 0.3) is 10.8 Å². The van der Waals surface area contributed by atoms with Gasteiger partial charge in [0.15, 0.2) is 0 Å². The van der Waals surface area contributed by atoms with Gasteiger partial charge in [-0.15, -0.1) is 0 Å². The van der Waals surface area contributed by atoms with E-state index in [1.807, 2.05) is 56.3 Å². The van der Waals surface area contributed by atoms with E-state index in [2.05, 4.69) is 10.6 Å². The van der Waals surface area contributed by atoms with Crippen molar-refractivity contribution in [2.75, 3.05) is 6.54 Å². The van der Waals surface area contributed by atoms with Gasteiger partial charge < -0.3 is 15.7 Å². The van der Waals surface area contributed by atoms with Gasteiger partial charge in [-0.2, -0.15) is 0 Å². The molecule has 0 aliphatic carbocycles. The number of nitrogens with one attached hydrogen (secondary N) is 2. The average Bonchev–Trinajstić information content (AvgIpc) is 2.75. The Kier molecular flexibility index (Phi) is 7.08. The van der Waals surface area contributed by atoms with Crippen molar-refractivity contribution in [2.24, 2.45) is 5.92 Å². The van der Waals surface area contributed by atoms with Crippen LogP contribution >= 0.6 is 11.6 Å². The summed E-state index contributed by atoms with van der Waals surface area (Å²) in [5.74, 6) is -0.818. The van der Waals surface area contributed by atoms with E-state index in [0.29, 0.717) is 10.6 Å². The summed E-state index contributed by atoms with van der Waals surface area (Å²) in [6.45, 7) is 3.76. The third kappa shape index (κ3) is 5.38. The first-order chi connectivity index (χ1) is 14.3. The molecule has 0 radical (unpaired) electrons. The van der Waals surface area contributed by atoms with Crippen molar-refractivity contribution < 1.29 is 14.7 Å². The minimum Gasteiger partial charge on any atom is -0.387 e. The molecule has 3 N–H and O–H groups in total. The predicted molar refractivity (Wildman–Crippen MR) is 119 cm³/mol. The normalized spacial score (nSPS) is 13.1. The Hall–Kier alpha value is -2.89. The zero-order chi connectivity index (χ0) is 21.7. The number of hydrogen-bond donors (Lipinski definition) is 3. The van der Waals surface area contributed by atoms with Crippen LogP contribution in [0.2, 0.25) is 5.02 Å². The maximum Gasteiger partial charge on any atom is 0.251 e. The van der Waals surface area contributed by atoms with Crippen LogP contribution in [0.1, 0.15) is 35.9 Å². The summed E-state index contributed by atoms with van der Waals surface area (Å²) >= 11 is 5.86. The van der Waals surface area contributed by atoms with E-state index in [4.69, 9.17) is 11.6 Å². The van der Waals surface area contributed by atoms with Crippen molar-refractivity contribution in [1.29, 1.82) is 0 Å². The Bertz CT molecular complexity index is 1030. The quantitative estimate of drug-likeness (QED) is 0.534. The SMILES string of the molecule is CC(C)C(NC(=O)c1ccc(Cl)cc1)C(=O)NCC(O)c1ccc2ccccc2c1. The Morgan fingerprint density at radius 2 is 1.63 bits per heavy atom. The summed E-state index contributed by atoms with van der Waals surface area (Å²) in [5, 5.41) is 18.7. The first-order valence-corrected chi connectivity index (χ1v) is 10.2. The Labute approximate surface area is 181 Å². The lowest BCUT2D eigenvalue weighted by Gasteiger charge is -2.23. The van der Waals surface area contributed by atoms with Crippen LogP contribution in [-0.4, -0.2) is 29.5 Å². The number of carbonyl (C=O) groups excluding carboxylic acids is 2. The third-order valence-corrected chi connectivity index (χ3v) is 5.22. The minimum atomic E-state index is -0.849. The molecule has 0 saturated heterocycles. The first-order valence-electron chi connectivity index (χ1n) is 9.86. The maximum atomic E-state index is 12.7. The second kappa shape index (κ2) is 9.74. The summed E-state index contributed by atoms with van der Waals surface area (Å²) in [7, 11) is 0. The molecule has 2 unspecified atom stereocenters. The minimum absolute atomic E-state index is 0.0528. The Morgan fingerprint density at radius 1 is 0.967 bits per heavy atom. The highest BCUT2D eigenvalue weighted by molar-refractivity contribution is 6.30. The average molecular weight is 425 g/mol. The van der Waals surface area contributed by atoms with Gasteiger partial charge in [-0.3, -0.25) is 9.59 Å². The van der Waals surface area contributed by atoms with Gasteiger partial charge in [-0.05, 0) is 52.6 Å². The van der Waals surface area contributed by atoms with Gasteiger partial charge in [0.1, 0.15) is 6.04 Å². The van der Waals surface area contributed by atoms with Gasteiger partial charge in [0.2, 0.25) is 5.91 Å². The molecule has 2 amide bonds. The van der Waals surface area contributed by atoms with Gasteiger partial charge in [0.05, 0.1) is 6.10 Å². The van der Waals surface area contributed by atoms with Crippen molar-refractivity contribution in [1.82, 2.24) is 10.6 Å². The number of halogens is 1. The molecule has 156 valence electrons. The molecule has 0 saturated carbocycles. The summed E-state index contributed by atoms with van der Waals surface area (Å²) in [6, 6.07) is 19.3. The van der Waals surface area contributed by atoms with Gasteiger partial charge in [-0.25, -0.2) is 0 Å². The van der Waals surface area contributed by atoms with Crippen LogP contribution in [0.4, 0.5) is 0 Å². The van der Waals surface area contributed by atoms with Gasteiger partial charge in [0.25, 0.3) is 5.91 Å². The van der Waals surface area contributed by atoms with Crippen LogP contribution in [-0.2, 0) is 4.79 Å². The number of aliphatic hydroxyl groups excluding tert-OH is 1. The Balaban J connectivity index is 1.62. The predicted octanol–water partition coefficient (Wildman–Crippen LogP) is 4.10. The highest BCUT2D eigenvalue weighted by Gasteiger charge is 2.25. The maximum absolute atomic E-state index is 12.7. The second-order valence-corrected chi connectivity index (χ2v) is 8.01. The standard InChI is InChI=1S/C24H25ClN2O3/c1-15(2)22(27-23(29)17-9-11-20(25)12-10-17)24(30)26-14-21(28)19-8-7-16-5-3-4-6-18(16)13-19/h3-13,15,21-22,28H,14H2,1-2H3,(H,26,30)(H,27,29). The fourth-order valence-corrected chi connectivity index (χ4v) is 3.33. The van der Waals surface area contributed by atoms with E-state index < -0.39 is 12.1 Å². The number of aliphatic hydroxyl groups is 1. The van der Waals surface area contributed by atoms with E-state index >= 15 is 0 Å². The number of rotatable bonds is 7. The summed E-state index contributed by atoms with van der Waals surface area (Å²) in [4.78, 5) is 25.2. The second-order valence-electron chi connectivity index (χ2n) is 7.57. The lowest BCUT2D eigenvalue weighted by Crippen LogP contribution is -2.50. The fraction of sp³-hybridized carbons (Fsp3) is 0.250. The summed E-state index contributed by atoms with van der Waals surface area (Å²) < 4.78 is 0. The zero-order valence-corrected chi connectivity index (χ0v) is 17.7. The van der Waals surface area contributed by atoms with Crippen molar-refractivity contribution >= 4 is 34.2 Å². The summed E-state index contributed by atoms with van der Waals surface area (Å²) in [6.07, 6.45) is -0.849. The molecule has 3 rings (SSSR count). The summed E-state index contributed by atoms with van der Waals surface area (Å²) in [5.41, 5.74) is 1.15. The van der Waals surface area contributed by atoms with E-state index in [0.717, 1.165) is 16.3 Å². The lowest BCUT2D eigenvalue weighted by atomic mass is 10.0. The lowest BCUT2D eigenvalue weighted by molar-refractivity contribution is -0.124. The molecular weight excluding hydrogens is 400 g/mol. The molecule has 0 aromatic heterocycles. The van der Waals surface area contributed by atoms with E-state index in [9.17, 15) is 14.7 Å². The van der Waals surface area contributed by atoms with Crippen LogP contribution in [0.3, 0.4) is 0 Å². The van der Waals surface area contributed by atoms with Gasteiger partial charge in [0, 0.05) is 17.1 Å². The topological polar surface area (TPSA) is 78.4 Å². The van der Waals surface area contributed by atoms with E-state index in [1.54, 1.807) is 24.3 Å². The smallest absolute Gasteiger partial charge is 0.251 e. The number of hydrogen-bond acceptors (Lipinski definition) is 3. The van der Waals surface area contributed by atoms with Crippen LogP contribution in [0.5, 0.6) is 0 Å². The fourth-order valence-electron chi connectivity index (χ4n) is 3.20. The highest BCUT2D eigenvalue weighted by Crippen LogP contribution is 2.20. The van der Waals surface area contributed by atoms with E-state index in [-0.39, 0.29) is 24.3 Å². The molecule has 0 aliphatic rings. The molecule has 2 atom stereocenters. The monoisotopic (exact) mass is 424 g/mol. The van der Waals surface area contributed by atoms with E-state index in [1.165, 1.54) is 0 Å². The number of fused-ring (bicyclic) bond motifs is 1. The Morgan fingerprint density at radius 3 is 2.30 bits per heavy atom. The number of amides is 2. The molecule has 0 heterocycles. The molecule has 30 heavy (non-hydrogen) atoms. The number of carbonyl (C=O) groups is 2. The number of benzene rings is 3. The van der Waals surface area contributed by atoms with Gasteiger partial charge >= 0.3 is 0 Å². The van der Waals surface area contributed by atoms with Crippen LogP contribution in [0, 0.1) is 5.92 Å². The van der Waals surface area contributed by atoms with Crippen LogP contribution < -0.4 is 10.6 Å². The molecular formula is C24H25ClN2O3. The molecule has 0 aliphatic heterocycles. The molecule has 3 aromatic rings. The van der Waals surface area contributed by atoms with Crippen molar-refractivity contribution in [2.45, 2.75) is 26.0 Å². The largest absolute Gasteiger partial charge is 0.387 e. The molecule has 0 fully saturated rings. The molecule has 3 aromatic carbocycles. The van der Waals surface area contributed by atoms with Crippen molar-refractivity contribution in [3.63, 3.8) is 0 Å². The van der Waals surface area contributed by atoms with Crippen molar-refractivity contribution in [3.8, 4) is 0 Å². The third-order valence-electron chi connectivity index (χ3n) is 4.97. The molecule has 5 nitrogen and oxygen atoms in total. The van der Waals surface area contributed by atoms with Gasteiger partial charge in [-0.1, -0.05) is 61.8 Å². The van der Waals surface area contributed by atoms with Crippen molar-refractivity contribution in [3.05, 3.63) is 82.9 Å².